The van der Waals surface area contributed by atoms with Gasteiger partial charge in [-0.2, -0.15) is 18.2 Å². The predicted octanol–water partition coefficient (Wildman–Crippen LogP) is 3.51. The van der Waals surface area contributed by atoms with Crippen molar-refractivity contribution >= 4 is 11.8 Å². The standard InChI is InChI=1S/C26H29F3N6O3/c27-26(28,29)20-14-22(30)31-16-19(20)21-15-23(33-25(32-21)35-10-12-37-13-11-35)38-18-6-8-34(9-7-18)24(36)17-4-2-1-3-5-17/h1-5,14-16,18,24,36H,6-13H2,(H2,30,31). The summed E-state index contributed by atoms with van der Waals surface area (Å²) in [6, 6.07) is 11.6. The Balaban J connectivity index is 1.39. The molecule has 5 rings (SSSR count). The lowest BCUT2D eigenvalue weighted by atomic mass is 10.1. The van der Waals surface area contributed by atoms with E-state index in [-0.39, 0.29) is 35.0 Å². The van der Waals surface area contributed by atoms with E-state index in [1.165, 1.54) is 6.07 Å². The van der Waals surface area contributed by atoms with E-state index >= 15 is 0 Å². The van der Waals surface area contributed by atoms with Gasteiger partial charge in [-0.05, 0) is 24.5 Å². The Bertz CT molecular complexity index is 1230. The second-order valence-electron chi connectivity index (χ2n) is 9.28. The molecule has 0 bridgehead atoms. The number of hydrogen-bond acceptors (Lipinski definition) is 9. The molecule has 1 atom stereocenters. The number of piperidine rings is 1. The van der Waals surface area contributed by atoms with Crippen molar-refractivity contribution in [1.29, 1.82) is 0 Å². The van der Waals surface area contributed by atoms with Crippen LogP contribution in [-0.2, 0) is 10.9 Å². The predicted molar refractivity (Wildman–Crippen MR) is 134 cm³/mol. The van der Waals surface area contributed by atoms with Crippen LogP contribution in [-0.4, -0.2) is 70.5 Å². The van der Waals surface area contributed by atoms with Gasteiger partial charge in [0.05, 0.1) is 24.5 Å². The first-order valence-electron chi connectivity index (χ1n) is 12.5. The minimum Gasteiger partial charge on any atom is -0.474 e. The van der Waals surface area contributed by atoms with E-state index in [2.05, 4.69) is 15.0 Å². The third kappa shape index (κ3) is 5.98. The number of alkyl halides is 3. The third-order valence-electron chi connectivity index (χ3n) is 6.70. The smallest absolute Gasteiger partial charge is 0.417 e. The summed E-state index contributed by atoms with van der Waals surface area (Å²) >= 11 is 0. The number of rotatable bonds is 6. The summed E-state index contributed by atoms with van der Waals surface area (Å²) in [5.74, 6) is 0.218. The van der Waals surface area contributed by atoms with Crippen LogP contribution in [0.1, 0.15) is 30.2 Å². The van der Waals surface area contributed by atoms with Crippen molar-refractivity contribution in [2.24, 2.45) is 0 Å². The lowest BCUT2D eigenvalue weighted by molar-refractivity contribution is -0.137. The molecule has 202 valence electrons. The van der Waals surface area contributed by atoms with Crippen LogP contribution in [0.25, 0.3) is 11.3 Å². The van der Waals surface area contributed by atoms with Crippen molar-refractivity contribution < 1.29 is 27.8 Å². The number of pyridine rings is 1. The van der Waals surface area contributed by atoms with Crippen molar-refractivity contribution in [1.82, 2.24) is 19.9 Å². The minimum absolute atomic E-state index is 0.0493. The second kappa shape index (κ2) is 11.1. The Morgan fingerprint density at radius 1 is 1.03 bits per heavy atom. The van der Waals surface area contributed by atoms with E-state index in [9.17, 15) is 18.3 Å². The molecule has 4 heterocycles. The topological polar surface area (TPSA) is 110 Å². The van der Waals surface area contributed by atoms with E-state index in [0.29, 0.717) is 52.2 Å². The minimum atomic E-state index is -4.65. The maximum atomic E-state index is 13.9. The first-order chi connectivity index (χ1) is 18.3. The molecule has 2 saturated heterocycles. The molecule has 2 aliphatic heterocycles. The zero-order valence-corrected chi connectivity index (χ0v) is 20.6. The van der Waals surface area contributed by atoms with E-state index in [1.54, 1.807) is 0 Å². The van der Waals surface area contributed by atoms with Gasteiger partial charge in [0.2, 0.25) is 11.8 Å². The van der Waals surface area contributed by atoms with Crippen LogP contribution in [0.4, 0.5) is 24.9 Å². The quantitative estimate of drug-likeness (QED) is 0.495. The van der Waals surface area contributed by atoms with E-state index in [4.69, 9.17) is 15.2 Å². The number of likely N-dealkylation sites (tertiary alicyclic amines) is 1. The number of anilines is 2. The molecular formula is C26H29F3N6O3. The summed E-state index contributed by atoms with van der Waals surface area (Å²) in [6.07, 6.45) is -3.27. The van der Waals surface area contributed by atoms with Gasteiger partial charge in [-0.25, -0.2) is 9.97 Å². The number of nitrogens with two attached hydrogens (primary N) is 1. The SMILES string of the molecule is Nc1cc(C(F)(F)F)c(-c2cc(OC3CCN(C(O)c4ccccc4)CC3)nc(N3CCOCC3)n2)cn1. The van der Waals surface area contributed by atoms with Gasteiger partial charge in [-0.1, -0.05) is 30.3 Å². The Morgan fingerprint density at radius 3 is 2.42 bits per heavy atom. The van der Waals surface area contributed by atoms with Crippen molar-refractivity contribution in [3.05, 3.63) is 59.8 Å². The normalized spacial score (nSPS) is 18.4. The number of morpholine rings is 1. The van der Waals surface area contributed by atoms with Crippen LogP contribution < -0.4 is 15.4 Å². The van der Waals surface area contributed by atoms with E-state index in [0.717, 1.165) is 17.8 Å². The van der Waals surface area contributed by atoms with Crippen LogP contribution in [0.2, 0.25) is 0 Å². The molecule has 0 spiro atoms. The number of aliphatic hydroxyl groups excluding tert-OH is 1. The average Bonchev–Trinajstić information content (AvgIpc) is 2.93. The van der Waals surface area contributed by atoms with Gasteiger partial charge in [0.15, 0.2) is 0 Å². The van der Waals surface area contributed by atoms with Crippen LogP contribution in [0, 0.1) is 0 Å². The van der Waals surface area contributed by atoms with Crippen LogP contribution in [0.3, 0.4) is 0 Å². The molecule has 9 nitrogen and oxygen atoms in total. The van der Waals surface area contributed by atoms with Crippen LogP contribution in [0.15, 0.2) is 48.7 Å². The molecule has 0 saturated carbocycles. The summed E-state index contributed by atoms with van der Waals surface area (Å²) in [5.41, 5.74) is 5.30. The molecule has 2 fully saturated rings. The average molecular weight is 531 g/mol. The maximum absolute atomic E-state index is 13.9. The maximum Gasteiger partial charge on any atom is 0.417 e. The van der Waals surface area contributed by atoms with Crippen molar-refractivity contribution in [3.63, 3.8) is 0 Å². The van der Waals surface area contributed by atoms with Gasteiger partial charge in [0.25, 0.3) is 0 Å². The number of nitrogen functional groups attached to an aromatic ring is 1. The number of aromatic nitrogens is 3. The Hall–Kier alpha value is -3.48. The van der Waals surface area contributed by atoms with Crippen molar-refractivity contribution in [2.75, 3.05) is 50.0 Å². The van der Waals surface area contributed by atoms with Crippen molar-refractivity contribution in [2.45, 2.75) is 31.3 Å². The van der Waals surface area contributed by atoms with Crippen molar-refractivity contribution in [3.8, 4) is 17.1 Å². The van der Waals surface area contributed by atoms with Gasteiger partial charge >= 0.3 is 6.18 Å². The van der Waals surface area contributed by atoms with Gasteiger partial charge in [-0.3, -0.25) is 4.90 Å². The molecule has 38 heavy (non-hydrogen) atoms. The lowest BCUT2D eigenvalue weighted by Gasteiger charge is -2.35. The molecule has 0 aliphatic carbocycles. The molecule has 0 amide bonds. The first kappa shape index (κ1) is 26.1. The summed E-state index contributed by atoms with van der Waals surface area (Å²) < 4.78 is 53.2. The fraction of sp³-hybridized carbons (Fsp3) is 0.423. The van der Waals surface area contributed by atoms with E-state index in [1.807, 2.05) is 40.1 Å². The highest BCUT2D eigenvalue weighted by molar-refractivity contribution is 5.67. The van der Waals surface area contributed by atoms with Crippen LogP contribution >= 0.6 is 0 Å². The highest BCUT2D eigenvalue weighted by atomic mass is 19.4. The molecular weight excluding hydrogens is 501 g/mol. The summed E-state index contributed by atoms with van der Waals surface area (Å²) in [7, 11) is 0. The fourth-order valence-corrected chi connectivity index (χ4v) is 4.67. The molecule has 12 heteroatoms. The first-order valence-corrected chi connectivity index (χ1v) is 12.5. The Morgan fingerprint density at radius 2 is 1.74 bits per heavy atom. The second-order valence-corrected chi connectivity index (χ2v) is 9.28. The zero-order valence-electron chi connectivity index (χ0n) is 20.6. The molecule has 1 aromatic carbocycles. The highest BCUT2D eigenvalue weighted by Crippen LogP contribution is 2.38. The summed E-state index contributed by atoms with van der Waals surface area (Å²) in [5, 5.41) is 10.7. The molecule has 3 N–H and O–H groups in total. The third-order valence-corrected chi connectivity index (χ3v) is 6.70. The molecule has 2 aliphatic rings. The van der Waals surface area contributed by atoms with Crippen LogP contribution in [0.5, 0.6) is 5.88 Å². The van der Waals surface area contributed by atoms with E-state index < -0.39 is 18.0 Å². The Labute approximate surface area is 218 Å². The van der Waals surface area contributed by atoms with Gasteiger partial charge < -0.3 is 25.2 Å². The molecule has 3 aromatic rings. The number of benzene rings is 1. The monoisotopic (exact) mass is 530 g/mol. The Kier molecular flexibility index (Phi) is 7.63. The lowest BCUT2D eigenvalue weighted by Crippen LogP contribution is -2.40. The molecule has 1 unspecified atom stereocenters. The fourth-order valence-electron chi connectivity index (χ4n) is 4.67. The summed E-state index contributed by atoms with van der Waals surface area (Å²) in [4.78, 5) is 16.7. The number of ether oxygens (including phenoxy) is 2. The molecule has 2 aromatic heterocycles. The highest BCUT2D eigenvalue weighted by Gasteiger charge is 2.35. The number of hydrogen-bond donors (Lipinski definition) is 2. The zero-order chi connectivity index (χ0) is 26.7. The number of aliphatic hydroxyl groups is 1. The number of halogens is 3. The molecule has 0 radical (unpaired) electrons. The largest absolute Gasteiger partial charge is 0.474 e. The summed E-state index contributed by atoms with van der Waals surface area (Å²) in [6.45, 7) is 3.12. The van der Waals surface area contributed by atoms with Gasteiger partial charge in [-0.15, -0.1) is 0 Å². The van der Waals surface area contributed by atoms with Gasteiger partial charge in [0, 0.05) is 44.0 Å². The number of nitrogens with zero attached hydrogens (tertiary/aromatic N) is 5. The van der Waals surface area contributed by atoms with Gasteiger partial charge in [0.1, 0.15) is 18.1 Å².